The van der Waals surface area contributed by atoms with Gasteiger partial charge in [0.2, 0.25) is 0 Å². The lowest BCUT2D eigenvalue weighted by Gasteiger charge is -2.53. The first kappa shape index (κ1) is 18.4. The highest BCUT2D eigenvalue weighted by atomic mass is 35.5. The van der Waals surface area contributed by atoms with Crippen molar-refractivity contribution in [3.05, 3.63) is 99.6 Å². The molecule has 0 fully saturated rings. The number of halogens is 1. The standard InChI is InChI=1S/C24H19ClO4/c1-14-6-11-19-20(12-14)23(27)13-21(22(26)29-16-9-7-15(25)8-10-16)24(19,28)18-5-3-2-4-17(18)23/h2-12,21,27-28H,13H2,1H3. The number of carbonyl (C=O) groups excluding carboxylic acids is 1. The fourth-order valence-corrected chi connectivity index (χ4v) is 4.91. The van der Waals surface area contributed by atoms with Crippen molar-refractivity contribution in [1.29, 1.82) is 0 Å². The second kappa shape index (κ2) is 6.17. The van der Waals surface area contributed by atoms with Crippen molar-refractivity contribution < 1.29 is 19.7 Å². The summed E-state index contributed by atoms with van der Waals surface area (Å²) in [6, 6.07) is 19.2. The van der Waals surface area contributed by atoms with Gasteiger partial charge in [0.15, 0.2) is 0 Å². The molecule has 29 heavy (non-hydrogen) atoms. The van der Waals surface area contributed by atoms with Gasteiger partial charge in [-0.05, 0) is 53.4 Å². The van der Waals surface area contributed by atoms with E-state index in [9.17, 15) is 15.0 Å². The van der Waals surface area contributed by atoms with Crippen LogP contribution < -0.4 is 4.74 Å². The van der Waals surface area contributed by atoms with E-state index >= 15 is 0 Å². The highest BCUT2D eigenvalue weighted by Gasteiger charge is 2.62. The maximum Gasteiger partial charge on any atom is 0.318 e. The molecule has 3 aromatic rings. The number of carbonyl (C=O) groups is 1. The van der Waals surface area contributed by atoms with Gasteiger partial charge in [0, 0.05) is 11.4 Å². The molecule has 3 atom stereocenters. The molecule has 3 aliphatic rings. The Labute approximate surface area is 173 Å². The van der Waals surface area contributed by atoms with Crippen LogP contribution in [0.5, 0.6) is 5.75 Å². The lowest BCUT2D eigenvalue weighted by atomic mass is 9.54. The van der Waals surface area contributed by atoms with Crippen LogP contribution in [0.4, 0.5) is 0 Å². The van der Waals surface area contributed by atoms with E-state index in [0.717, 1.165) is 5.56 Å². The second-order valence-electron chi connectivity index (χ2n) is 7.85. The minimum Gasteiger partial charge on any atom is -0.426 e. The van der Waals surface area contributed by atoms with Crippen LogP contribution in [0, 0.1) is 12.8 Å². The molecule has 3 unspecified atom stereocenters. The van der Waals surface area contributed by atoms with Gasteiger partial charge >= 0.3 is 5.97 Å². The number of aliphatic hydroxyl groups is 2. The molecule has 0 heterocycles. The maximum absolute atomic E-state index is 13.1. The molecule has 6 rings (SSSR count). The molecule has 0 aliphatic heterocycles. The van der Waals surface area contributed by atoms with Crippen LogP contribution in [-0.2, 0) is 16.0 Å². The number of fused-ring (bicyclic) bond motifs is 1. The fraction of sp³-hybridized carbons (Fsp3) is 0.208. The molecule has 4 nitrogen and oxygen atoms in total. The molecule has 3 aliphatic carbocycles. The molecule has 0 saturated carbocycles. The van der Waals surface area contributed by atoms with Gasteiger partial charge in [-0.3, -0.25) is 4.79 Å². The third kappa shape index (κ3) is 2.50. The van der Waals surface area contributed by atoms with E-state index in [1.165, 1.54) is 0 Å². The number of aryl methyl sites for hydroxylation is 1. The molecule has 0 saturated heterocycles. The molecule has 3 aromatic carbocycles. The lowest BCUT2D eigenvalue weighted by Crippen LogP contribution is -2.57. The summed E-state index contributed by atoms with van der Waals surface area (Å²) in [6.45, 7) is 1.94. The van der Waals surface area contributed by atoms with Gasteiger partial charge in [0.1, 0.15) is 17.0 Å². The smallest absolute Gasteiger partial charge is 0.318 e. The van der Waals surface area contributed by atoms with Gasteiger partial charge in [0.05, 0.1) is 5.92 Å². The first-order chi connectivity index (χ1) is 13.8. The van der Waals surface area contributed by atoms with Gasteiger partial charge < -0.3 is 14.9 Å². The predicted octanol–water partition coefficient (Wildman–Crippen LogP) is 4.06. The van der Waals surface area contributed by atoms with Crippen molar-refractivity contribution in [2.24, 2.45) is 5.92 Å². The molecule has 2 bridgehead atoms. The van der Waals surface area contributed by atoms with Crippen molar-refractivity contribution in [2.45, 2.75) is 24.5 Å². The summed E-state index contributed by atoms with van der Waals surface area (Å²) in [6.07, 6.45) is 0.0450. The topological polar surface area (TPSA) is 66.8 Å². The number of benzene rings is 3. The highest BCUT2D eigenvalue weighted by Crippen LogP contribution is 2.59. The number of rotatable bonds is 2. The van der Waals surface area contributed by atoms with E-state index < -0.39 is 23.1 Å². The van der Waals surface area contributed by atoms with E-state index in [2.05, 4.69) is 0 Å². The Hall–Kier alpha value is -2.66. The van der Waals surface area contributed by atoms with Crippen LogP contribution in [0.15, 0.2) is 66.7 Å². The molecule has 0 spiro atoms. The van der Waals surface area contributed by atoms with Crippen LogP contribution in [0.3, 0.4) is 0 Å². The van der Waals surface area contributed by atoms with E-state index in [0.29, 0.717) is 33.0 Å². The van der Waals surface area contributed by atoms with E-state index in [1.807, 2.05) is 31.2 Å². The van der Waals surface area contributed by atoms with Gasteiger partial charge in [-0.25, -0.2) is 0 Å². The van der Waals surface area contributed by atoms with Gasteiger partial charge in [-0.1, -0.05) is 59.6 Å². The normalized spacial score (nSPS) is 26.6. The number of hydrogen-bond acceptors (Lipinski definition) is 4. The number of hydrogen-bond donors (Lipinski definition) is 2. The first-order valence-corrected chi connectivity index (χ1v) is 9.85. The van der Waals surface area contributed by atoms with Crippen LogP contribution in [0.25, 0.3) is 0 Å². The summed E-state index contributed by atoms with van der Waals surface area (Å²) >= 11 is 5.90. The van der Waals surface area contributed by atoms with Crippen LogP contribution in [0.1, 0.15) is 34.2 Å². The Morgan fingerprint density at radius 2 is 1.62 bits per heavy atom. The first-order valence-electron chi connectivity index (χ1n) is 9.47. The Kier molecular flexibility index (Phi) is 3.91. The second-order valence-corrected chi connectivity index (χ2v) is 8.29. The minimum atomic E-state index is -1.58. The summed E-state index contributed by atoms with van der Waals surface area (Å²) in [5, 5.41) is 24.2. The summed E-state index contributed by atoms with van der Waals surface area (Å²) < 4.78 is 5.56. The summed E-state index contributed by atoms with van der Waals surface area (Å²) in [4.78, 5) is 13.1. The summed E-state index contributed by atoms with van der Waals surface area (Å²) in [5.41, 5.74) is 0.410. The van der Waals surface area contributed by atoms with Crippen molar-refractivity contribution in [2.75, 3.05) is 0 Å². The van der Waals surface area contributed by atoms with Crippen molar-refractivity contribution in [3.8, 4) is 5.75 Å². The zero-order valence-electron chi connectivity index (χ0n) is 15.7. The minimum absolute atomic E-state index is 0.0450. The molecule has 0 aromatic heterocycles. The van der Waals surface area contributed by atoms with Crippen molar-refractivity contribution >= 4 is 17.6 Å². The molecular formula is C24H19ClO4. The Morgan fingerprint density at radius 3 is 2.34 bits per heavy atom. The van der Waals surface area contributed by atoms with E-state index in [1.54, 1.807) is 42.5 Å². The third-order valence-electron chi connectivity index (χ3n) is 6.13. The average molecular weight is 407 g/mol. The summed E-state index contributed by atoms with van der Waals surface area (Å²) in [5.74, 6) is -1.20. The lowest BCUT2D eigenvalue weighted by molar-refractivity contribution is -0.157. The van der Waals surface area contributed by atoms with Crippen LogP contribution in [0.2, 0.25) is 5.02 Å². The Balaban J connectivity index is 1.65. The predicted molar refractivity (Wildman–Crippen MR) is 109 cm³/mol. The molecular weight excluding hydrogens is 388 g/mol. The molecule has 0 radical (unpaired) electrons. The monoisotopic (exact) mass is 406 g/mol. The molecule has 5 heteroatoms. The SMILES string of the molecule is Cc1ccc2c(c1)C1(O)CC(C(=O)Oc3ccc(Cl)cc3)C2(O)c2ccccc21. The van der Waals surface area contributed by atoms with E-state index in [4.69, 9.17) is 16.3 Å². The largest absolute Gasteiger partial charge is 0.426 e. The highest BCUT2D eigenvalue weighted by molar-refractivity contribution is 6.30. The van der Waals surface area contributed by atoms with Crippen molar-refractivity contribution in [1.82, 2.24) is 0 Å². The number of esters is 1. The molecule has 146 valence electrons. The number of ether oxygens (including phenoxy) is 1. The van der Waals surface area contributed by atoms with E-state index in [-0.39, 0.29) is 6.42 Å². The summed E-state index contributed by atoms with van der Waals surface area (Å²) in [7, 11) is 0. The van der Waals surface area contributed by atoms with Crippen molar-refractivity contribution in [3.63, 3.8) is 0 Å². The maximum atomic E-state index is 13.1. The van der Waals surface area contributed by atoms with Crippen LogP contribution in [-0.4, -0.2) is 16.2 Å². The molecule has 2 N–H and O–H groups in total. The quantitative estimate of drug-likeness (QED) is 0.497. The third-order valence-corrected chi connectivity index (χ3v) is 6.39. The van der Waals surface area contributed by atoms with Gasteiger partial charge in [0.25, 0.3) is 0 Å². The average Bonchev–Trinajstić information content (AvgIpc) is 2.71. The zero-order valence-corrected chi connectivity index (χ0v) is 16.5. The van der Waals surface area contributed by atoms with Gasteiger partial charge in [-0.15, -0.1) is 0 Å². The molecule has 0 amide bonds. The Bertz CT molecular complexity index is 1140. The van der Waals surface area contributed by atoms with Crippen LogP contribution >= 0.6 is 11.6 Å². The zero-order chi connectivity index (χ0) is 20.4. The van der Waals surface area contributed by atoms with Gasteiger partial charge in [-0.2, -0.15) is 0 Å². The Morgan fingerprint density at radius 1 is 0.966 bits per heavy atom. The fourth-order valence-electron chi connectivity index (χ4n) is 4.78.